The van der Waals surface area contributed by atoms with Gasteiger partial charge in [-0.3, -0.25) is 4.21 Å². The maximum atomic E-state index is 12.6. The van der Waals surface area contributed by atoms with E-state index in [0.29, 0.717) is 5.56 Å². The summed E-state index contributed by atoms with van der Waals surface area (Å²) in [5.41, 5.74) is 0.475. The quantitative estimate of drug-likeness (QED) is 0.662. The highest BCUT2D eigenvalue weighted by Gasteiger charge is 2.05. The van der Waals surface area contributed by atoms with Gasteiger partial charge in [-0.25, -0.2) is 4.39 Å². The van der Waals surface area contributed by atoms with Gasteiger partial charge < -0.3 is 4.55 Å². The molecule has 2 atom stereocenters. The Morgan fingerprint density at radius 2 is 2.25 bits per heavy atom. The maximum Gasteiger partial charge on any atom is 0.123 e. The summed E-state index contributed by atoms with van der Waals surface area (Å²) in [7, 11) is 0. The molecule has 0 radical (unpaired) electrons. The van der Waals surface area contributed by atoms with Gasteiger partial charge in [0.05, 0.1) is 0 Å². The van der Waals surface area contributed by atoms with E-state index < -0.39 is 22.1 Å². The molecule has 0 saturated heterocycles. The molecule has 0 aliphatic rings. The molecule has 0 fully saturated rings. The zero-order valence-corrected chi connectivity index (χ0v) is 7.31. The van der Waals surface area contributed by atoms with Gasteiger partial charge in [0.15, 0.2) is 0 Å². The van der Waals surface area contributed by atoms with E-state index in [4.69, 9.17) is 0 Å². The summed E-state index contributed by atoms with van der Waals surface area (Å²) in [6, 6.07) is 5.59. The molecule has 0 aliphatic carbocycles. The van der Waals surface area contributed by atoms with Crippen LogP contribution < -0.4 is 0 Å². The second-order valence-electron chi connectivity index (χ2n) is 2.46. The number of hydrogen-bond acceptors (Lipinski definition) is 2. The van der Waals surface area contributed by atoms with Gasteiger partial charge in [-0.1, -0.05) is 12.1 Å². The molecular formula is C8H8FO2S-. The molecule has 0 spiro atoms. The lowest BCUT2D eigenvalue weighted by Gasteiger charge is -2.14. The van der Waals surface area contributed by atoms with E-state index in [9.17, 15) is 13.2 Å². The number of rotatable bonds is 2. The molecule has 0 amide bonds. The van der Waals surface area contributed by atoms with Gasteiger partial charge in [-0.05, 0) is 35.7 Å². The van der Waals surface area contributed by atoms with Crippen LogP contribution in [0.5, 0.6) is 0 Å². The maximum absolute atomic E-state index is 12.6. The Balaban J connectivity index is 2.95. The average Bonchev–Trinajstić information content (AvgIpc) is 2.03. The van der Waals surface area contributed by atoms with Crippen molar-refractivity contribution in [2.75, 3.05) is 0 Å². The summed E-state index contributed by atoms with van der Waals surface area (Å²) in [6.07, 6.45) is 0. The van der Waals surface area contributed by atoms with Gasteiger partial charge in [-0.15, -0.1) is 0 Å². The summed E-state index contributed by atoms with van der Waals surface area (Å²) in [5.74, 6) is -0.412. The van der Waals surface area contributed by atoms with Gasteiger partial charge in [0.1, 0.15) is 5.82 Å². The Morgan fingerprint density at radius 3 is 2.75 bits per heavy atom. The third-order valence-electron chi connectivity index (χ3n) is 1.61. The van der Waals surface area contributed by atoms with Crippen LogP contribution in [0.3, 0.4) is 0 Å². The van der Waals surface area contributed by atoms with E-state index in [-0.39, 0.29) is 0 Å². The van der Waals surface area contributed by atoms with E-state index >= 15 is 0 Å². The first-order chi connectivity index (χ1) is 5.61. The van der Waals surface area contributed by atoms with Crippen molar-refractivity contribution in [1.29, 1.82) is 0 Å². The molecule has 2 nitrogen and oxygen atoms in total. The Bertz CT molecular complexity index is 301. The van der Waals surface area contributed by atoms with Crippen molar-refractivity contribution >= 4 is 11.1 Å². The molecule has 12 heavy (non-hydrogen) atoms. The minimum atomic E-state index is -2.19. The summed E-state index contributed by atoms with van der Waals surface area (Å²) >= 11 is -2.19. The molecule has 1 aromatic rings. The SMILES string of the molecule is CC(c1cccc(F)c1)S(=O)[O-]. The van der Waals surface area contributed by atoms with Crippen LogP contribution in [0.25, 0.3) is 0 Å². The molecule has 0 N–H and O–H groups in total. The molecule has 4 heteroatoms. The second kappa shape index (κ2) is 3.78. The van der Waals surface area contributed by atoms with Crippen LogP contribution in [0.4, 0.5) is 4.39 Å². The highest BCUT2D eigenvalue weighted by atomic mass is 32.2. The van der Waals surface area contributed by atoms with E-state index in [1.807, 2.05) is 0 Å². The van der Waals surface area contributed by atoms with Gasteiger partial charge in [0, 0.05) is 5.25 Å². The normalized spacial score (nSPS) is 15.6. The van der Waals surface area contributed by atoms with Crippen molar-refractivity contribution in [3.63, 3.8) is 0 Å². The van der Waals surface area contributed by atoms with Crippen LogP contribution in [0.1, 0.15) is 17.7 Å². The largest absolute Gasteiger partial charge is 0.772 e. The predicted octanol–water partition coefficient (Wildman–Crippen LogP) is 1.77. The van der Waals surface area contributed by atoms with Crippen LogP contribution >= 0.6 is 0 Å². The lowest BCUT2D eigenvalue weighted by Crippen LogP contribution is -2.01. The number of benzene rings is 1. The molecule has 0 aliphatic heterocycles. The number of halogens is 1. The fourth-order valence-corrected chi connectivity index (χ4v) is 1.24. The van der Waals surface area contributed by atoms with Crippen LogP contribution in [-0.2, 0) is 11.1 Å². The average molecular weight is 187 g/mol. The van der Waals surface area contributed by atoms with Crippen molar-refractivity contribution in [2.45, 2.75) is 12.2 Å². The van der Waals surface area contributed by atoms with E-state index in [1.54, 1.807) is 6.07 Å². The highest BCUT2D eigenvalue weighted by molar-refractivity contribution is 7.79. The summed E-state index contributed by atoms with van der Waals surface area (Å²) in [5, 5.41) is -0.652. The lowest BCUT2D eigenvalue weighted by molar-refractivity contribution is 0.527. The molecule has 0 saturated carbocycles. The van der Waals surface area contributed by atoms with Crippen molar-refractivity contribution in [1.82, 2.24) is 0 Å². The molecule has 1 aromatic carbocycles. The third kappa shape index (κ3) is 2.12. The zero-order chi connectivity index (χ0) is 9.14. The summed E-state index contributed by atoms with van der Waals surface area (Å²) < 4.78 is 33.6. The van der Waals surface area contributed by atoms with E-state index in [2.05, 4.69) is 0 Å². The van der Waals surface area contributed by atoms with Gasteiger partial charge >= 0.3 is 0 Å². The van der Waals surface area contributed by atoms with Crippen molar-refractivity contribution < 1.29 is 13.2 Å². The zero-order valence-electron chi connectivity index (χ0n) is 6.49. The summed E-state index contributed by atoms with van der Waals surface area (Å²) in [6.45, 7) is 1.51. The van der Waals surface area contributed by atoms with Crippen LogP contribution in [0.15, 0.2) is 24.3 Å². The second-order valence-corrected chi connectivity index (χ2v) is 3.69. The smallest absolute Gasteiger partial charge is 0.123 e. The topological polar surface area (TPSA) is 40.1 Å². The number of hydrogen-bond donors (Lipinski definition) is 0. The molecule has 0 heterocycles. The first-order valence-electron chi connectivity index (χ1n) is 3.45. The molecule has 1 rings (SSSR count). The van der Waals surface area contributed by atoms with E-state index in [1.165, 1.54) is 25.1 Å². The monoisotopic (exact) mass is 187 g/mol. The van der Waals surface area contributed by atoms with Crippen LogP contribution in [0, 0.1) is 5.82 Å². The van der Waals surface area contributed by atoms with E-state index in [0.717, 1.165) is 0 Å². The highest BCUT2D eigenvalue weighted by Crippen LogP contribution is 2.18. The first kappa shape index (κ1) is 9.35. The Labute approximate surface area is 72.7 Å². The molecule has 0 bridgehead atoms. The van der Waals surface area contributed by atoms with Gasteiger partial charge in [0.2, 0.25) is 0 Å². The molecule has 66 valence electrons. The Hall–Kier alpha value is -0.740. The fraction of sp³-hybridized carbons (Fsp3) is 0.250. The molecule has 2 unspecified atom stereocenters. The van der Waals surface area contributed by atoms with Crippen molar-refractivity contribution in [3.05, 3.63) is 35.6 Å². The van der Waals surface area contributed by atoms with Gasteiger partial charge in [-0.2, -0.15) is 0 Å². The lowest BCUT2D eigenvalue weighted by atomic mass is 10.2. The minimum absolute atomic E-state index is 0.412. The third-order valence-corrected chi connectivity index (χ3v) is 2.46. The molecule has 0 aromatic heterocycles. The van der Waals surface area contributed by atoms with Gasteiger partial charge in [0.25, 0.3) is 0 Å². The van der Waals surface area contributed by atoms with Crippen LogP contribution in [0.2, 0.25) is 0 Å². The Kier molecular flexibility index (Phi) is 2.94. The van der Waals surface area contributed by atoms with Crippen molar-refractivity contribution in [2.24, 2.45) is 0 Å². The minimum Gasteiger partial charge on any atom is -0.772 e. The van der Waals surface area contributed by atoms with Crippen molar-refractivity contribution in [3.8, 4) is 0 Å². The predicted molar refractivity (Wildman–Crippen MR) is 43.7 cm³/mol. The molecular weight excluding hydrogens is 179 g/mol. The fourth-order valence-electron chi connectivity index (χ4n) is 0.871. The Morgan fingerprint density at radius 1 is 1.58 bits per heavy atom. The first-order valence-corrected chi connectivity index (χ1v) is 4.58. The summed E-state index contributed by atoms with van der Waals surface area (Å²) in [4.78, 5) is 0. The standard InChI is InChI=1S/C8H9FO2S/c1-6(12(10)11)7-3-2-4-8(9)5-7/h2-6H,1H3,(H,10,11)/p-1. The van der Waals surface area contributed by atoms with Crippen LogP contribution in [-0.4, -0.2) is 8.76 Å².